The van der Waals surface area contributed by atoms with Crippen molar-refractivity contribution in [2.24, 2.45) is 0 Å². The minimum atomic E-state index is -0.672. The molecule has 0 fully saturated rings. The van der Waals surface area contributed by atoms with E-state index < -0.39 is 11.9 Å². The predicted molar refractivity (Wildman–Crippen MR) is 85.1 cm³/mol. The van der Waals surface area contributed by atoms with Gasteiger partial charge in [-0.25, -0.2) is 9.59 Å². The molecule has 0 N–H and O–H groups in total. The van der Waals surface area contributed by atoms with Gasteiger partial charge in [-0.15, -0.1) is 6.42 Å². The Bertz CT molecular complexity index is 799. The second-order valence-corrected chi connectivity index (χ2v) is 4.44. The van der Waals surface area contributed by atoms with Crippen LogP contribution in [0.1, 0.15) is 0 Å². The van der Waals surface area contributed by atoms with Crippen LogP contribution in [0.2, 0.25) is 0 Å². The van der Waals surface area contributed by atoms with Crippen LogP contribution in [-0.2, 0) is 14.3 Å². The van der Waals surface area contributed by atoms with Crippen LogP contribution in [0.15, 0.2) is 48.6 Å². The van der Waals surface area contributed by atoms with Gasteiger partial charge in [0.2, 0.25) is 0 Å². The van der Waals surface area contributed by atoms with Crippen molar-refractivity contribution < 1.29 is 23.8 Å². The van der Waals surface area contributed by atoms with Crippen molar-refractivity contribution in [2.45, 2.75) is 0 Å². The summed E-state index contributed by atoms with van der Waals surface area (Å²) in [6, 6.07) is 10.7. The van der Waals surface area contributed by atoms with Crippen LogP contribution in [0.25, 0.3) is 10.8 Å². The Kier molecular flexibility index (Phi) is 5.37. The monoisotopic (exact) mass is 310 g/mol. The van der Waals surface area contributed by atoms with E-state index in [1.165, 1.54) is 7.11 Å². The molecule has 23 heavy (non-hydrogen) atoms. The predicted octanol–water partition coefficient (Wildman–Crippen LogP) is 2.49. The van der Waals surface area contributed by atoms with Crippen LogP contribution in [0.3, 0.4) is 0 Å². The van der Waals surface area contributed by atoms with Crippen LogP contribution >= 0.6 is 0 Å². The van der Waals surface area contributed by atoms with E-state index >= 15 is 0 Å². The Morgan fingerprint density at radius 1 is 1.04 bits per heavy atom. The lowest BCUT2D eigenvalue weighted by atomic mass is 10.1. The molecule has 0 aliphatic carbocycles. The molecule has 0 saturated heterocycles. The molecule has 0 bridgehead atoms. The van der Waals surface area contributed by atoms with Crippen LogP contribution in [-0.4, -0.2) is 25.7 Å². The zero-order valence-electron chi connectivity index (χ0n) is 12.4. The molecule has 116 valence electrons. The van der Waals surface area contributed by atoms with Crippen molar-refractivity contribution in [1.29, 1.82) is 0 Å². The highest BCUT2D eigenvalue weighted by atomic mass is 16.5. The second-order valence-electron chi connectivity index (χ2n) is 4.44. The summed E-state index contributed by atoms with van der Waals surface area (Å²) >= 11 is 0. The van der Waals surface area contributed by atoms with Crippen molar-refractivity contribution in [3.63, 3.8) is 0 Å². The molecule has 0 aliphatic heterocycles. The third kappa shape index (κ3) is 4.61. The summed E-state index contributed by atoms with van der Waals surface area (Å²) < 4.78 is 14.9. The van der Waals surface area contributed by atoms with Crippen LogP contribution in [0, 0.1) is 12.3 Å². The molecular formula is C18H14O5. The van der Waals surface area contributed by atoms with Gasteiger partial charge in [-0.3, -0.25) is 0 Å². The largest absolute Gasteiger partial charge is 0.481 e. The van der Waals surface area contributed by atoms with Crippen molar-refractivity contribution in [3.05, 3.63) is 48.6 Å². The van der Waals surface area contributed by atoms with E-state index in [0.29, 0.717) is 11.5 Å². The van der Waals surface area contributed by atoms with E-state index in [1.54, 1.807) is 18.2 Å². The Hall–Kier alpha value is -3.26. The van der Waals surface area contributed by atoms with Gasteiger partial charge in [0, 0.05) is 12.2 Å². The topological polar surface area (TPSA) is 61.8 Å². The summed E-state index contributed by atoms with van der Waals surface area (Å²) in [5.41, 5.74) is 0. The standard InChI is InChI=1S/C18H14O5/c1-3-10-22-15-6-4-13-5-7-16(12-14(13)11-15)23-18(20)9-8-17(19)21-2/h1,4-9,11-12H,10H2,2H3/b9-8-. The first-order valence-corrected chi connectivity index (χ1v) is 6.70. The minimum absolute atomic E-state index is 0.179. The van der Waals surface area contributed by atoms with E-state index in [9.17, 15) is 9.59 Å². The van der Waals surface area contributed by atoms with Gasteiger partial charge in [0.25, 0.3) is 0 Å². The fourth-order valence-electron chi connectivity index (χ4n) is 1.84. The average molecular weight is 310 g/mol. The van der Waals surface area contributed by atoms with E-state index in [0.717, 1.165) is 22.9 Å². The molecule has 0 unspecified atom stereocenters. The smallest absolute Gasteiger partial charge is 0.336 e. The van der Waals surface area contributed by atoms with Crippen LogP contribution in [0.5, 0.6) is 11.5 Å². The number of ether oxygens (including phenoxy) is 3. The molecule has 0 aliphatic rings. The Morgan fingerprint density at radius 2 is 1.70 bits per heavy atom. The molecule has 0 heterocycles. The minimum Gasteiger partial charge on any atom is -0.481 e. The highest BCUT2D eigenvalue weighted by Crippen LogP contribution is 2.25. The quantitative estimate of drug-likeness (QED) is 0.367. The molecule has 2 aromatic rings. The zero-order chi connectivity index (χ0) is 16.7. The molecule has 5 heteroatoms. The Labute approximate surface area is 133 Å². The van der Waals surface area contributed by atoms with Gasteiger partial charge in [-0.1, -0.05) is 18.1 Å². The highest BCUT2D eigenvalue weighted by Gasteiger charge is 2.04. The van der Waals surface area contributed by atoms with Gasteiger partial charge in [0.15, 0.2) is 0 Å². The van der Waals surface area contributed by atoms with Crippen LogP contribution in [0.4, 0.5) is 0 Å². The fraction of sp³-hybridized carbons (Fsp3) is 0.111. The van der Waals surface area contributed by atoms with Crippen molar-refractivity contribution in [2.75, 3.05) is 13.7 Å². The van der Waals surface area contributed by atoms with E-state index in [1.807, 2.05) is 18.2 Å². The molecule has 0 radical (unpaired) electrons. The van der Waals surface area contributed by atoms with Gasteiger partial charge in [0.05, 0.1) is 7.11 Å². The molecular weight excluding hydrogens is 296 g/mol. The maximum absolute atomic E-state index is 11.6. The number of carbonyl (C=O) groups excluding carboxylic acids is 2. The number of hydrogen-bond donors (Lipinski definition) is 0. The van der Waals surface area contributed by atoms with Gasteiger partial charge < -0.3 is 14.2 Å². The maximum atomic E-state index is 11.6. The van der Waals surface area contributed by atoms with Crippen molar-refractivity contribution >= 4 is 22.7 Å². The zero-order valence-corrected chi connectivity index (χ0v) is 12.4. The molecule has 0 spiro atoms. The lowest BCUT2D eigenvalue weighted by Gasteiger charge is -2.06. The number of terminal acetylenes is 1. The number of esters is 2. The molecule has 2 rings (SSSR count). The molecule has 0 atom stereocenters. The highest BCUT2D eigenvalue weighted by molar-refractivity contribution is 5.93. The lowest BCUT2D eigenvalue weighted by Crippen LogP contribution is -2.05. The lowest BCUT2D eigenvalue weighted by molar-refractivity contribution is -0.135. The SMILES string of the molecule is C#CCOc1ccc2ccc(OC(=O)/C=C\C(=O)OC)cc2c1. The second kappa shape index (κ2) is 7.66. The van der Waals surface area contributed by atoms with Gasteiger partial charge in [0.1, 0.15) is 18.1 Å². The number of carbonyl (C=O) groups is 2. The van der Waals surface area contributed by atoms with Crippen molar-refractivity contribution in [3.8, 4) is 23.8 Å². The summed E-state index contributed by atoms with van der Waals surface area (Å²) in [6.07, 6.45) is 7.15. The van der Waals surface area contributed by atoms with Gasteiger partial charge >= 0.3 is 11.9 Å². The summed E-state index contributed by atoms with van der Waals surface area (Å²) in [4.78, 5) is 22.5. The summed E-state index contributed by atoms with van der Waals surface area (Å²) in [7, 11) is 1.22. The molecule has 0 amide bonds. The molecule has 0 saturated carbocycles. The van der Waals surface area contributed by atoms with Gasteiger partial charge in [-0.05, 0) is 35.0 Å². The summed E-state index contributed by atoms with van der Waals surface area (Å²) in [6.45, 7) is 0.179. The number of methoxy groups -OCH3 is 1. The van der Waals surface area contributed by atoms with E-state index in [2.05, 4.69) is 10.7 Å². The summed E-state index contributed by atoms with van der Waals surface area (Å²) in [5.74, 6) is 2.07. The van der Waals surface area contributed by atoms with E-state index in [-0.39, 0.29) is 6.61 Å². The normalized spacial score (nSPS) is 10.3. The first kappa shape index (κ1) is 16.1. The molecule has 5 nitrogen and oxygen atoms in total. The fourth-order valence-corrected chi connectivity index (χ4v) is 1.84. The summed E-state index contributed by atoms with van der Waals surface area (Å²) in [5, 5.41) is 1.80. The molecule has 0 aromatic heterocycles. The molecule has 2 aromatic carbocycles. The number of rotatable bonds is 5. The Balaban J connectivity index is 2.15. The third-order valence-electron chi connectivity index (χ3n) is 2.88. The third-order valence-corrected chi connectivity index (χ3v) is 2.88. The average Bonchev–Trinajstić information content (AvgIpc) is 2.57. The van der Waals surface area contributed by atoms with Crippen molar-refractivity contribution in [1.82, 2.24) is 0 Å². The first-order valence-electron chi connectivity index (χ1n) is 6.70. The number of hydrogen-bond acceptors (Lipinski definition) is 5. The van der Waals surface area contributed by atoms with Crippen LogP contribution < -0.4 is 9.47 Å². The first-order chi connectivity index (χ1) is 11.1. The number of fused-ring (bicyclic) bond motifs is 1. The number of benzene rings is 2. The van der Waals surface area contributed by atoms with Gasteiger partial charge in [-0.2, -0.15) is 0 Å². The maximum Gasteiger partial charge on any atom is 0.336 e. The Morgan fingerprint density at radius 3 is 2.39 bits per heavy atom. The van der Waals surface area contributed by atoms with E-state index in [4.69, 9.17) is 15.9 Å².